The Morgan fingerprint density at radius 2 is 2.50 bits per heavy atom. The van der Waals surface area contributed by atoms with E-state index >= 15 is 0 Å². The Morgan fingerprint density at radius 1 is 1.75 bits per heavy atom. The van der Waals surface area contributed by atoms with Gasteiger partial charge in [0.15, 0.2) is 0 Å². The van der Waals surface area contributed by atoms with Crippen molar-refractivity contribution < 1.29 is 4.79 Å². The third-order valence-corrected chi connectivity index (χ3v) is 3.39. The number of carbonyl (C=O) groups is 1. The summed E-state index contributed by atoms with van der Waals surface area (Å²) < 4.78 is 0.725. The van der Waals surface area contributed by atoms with E-state index in [1.54, 1.807) is 5.51 Å². The molecule has 0 saturated heterocycles. The van der Waals surface area contributed by atoms with E-state index in [1.165, 1.54) is 11.3 Å². The minimum atomic E-state index is -0.113. The lowest BCUT2D eigenvalue weighted by atomic mass is 10.0. The van der Waals surface area contributed by atoms with E-state index < -0.39 is 0 Å². The first-order chi connectivity index (χ1) is 5.76. The first-order valence-electron chi connectivity index (χ1n) is 3.80. The van der Waals surface area contributed by atoms with E-state index in [2.05, 4.69) is 4.98 Å². The van der Waals surface area contributed by atoms with Gasteiger partial charge < -0.3 is 4.79 Å². The lowest BCUT2D eigenvalue weighted by Crippen LogP contribution is -2.06. The zero-order valence-corrected chi connectivity index (χ0v) is 7.99. The van der Waals surface area contributed by atoms with Gasteiger partial charge in [-0.2, -0.15) is 0 Å². The summed E-state index contributed by atoms with van der Waals surface area (Å²) in [4.78, 5) is 14.8. The van der Waals surface area contributed by atoms with Gasteiger partial charge in [0, 0.05) is 11.8 Å². The van der Waals surface area contributed by atoms with Crippen molar-refractivity contribution in [3.63, 3.8) is 0 Å². The van der Waals surface area contributed by atoms with Crippen LogP contribution in [0.2, 0.25) is 4.34 Å². The number of hydrogen-bond acceptors (Lipinski definition) is 3. The SMILES string of the molecule is O=CC1(Cc2ncsc2Cl)CC1. The quantitative estimate of drug-likeness (QED) is 0.703. The molecule has 1 aromatic heterocycles. The Balaban J connectivity index is 2.13. The summed E-state index contributed by atoms with van der Waals surface area (Å²) in [6, 6.07) is 0. The predicted octanol–water partition coefficient (Wildman–Crippen LogP) is 2.32. The van der Waals surface area contributed by atoms with Crippen LogP contribution in [-0.4, -0.2) is 11.3 Å². The molecule has 1 saturated carbocycles. The van der Waals surface area contributed by atoms with Crippen molar-refractivity contribution in [1.29, 1.82) is 0 Å². The third-order valence-electron chi connectivity index (χ3n) is 2.25. The average molecular weight is 202 g/mol. The molecule has 0 spiro atoms. The molecule has 2 rings (SSSR count). The fourth-order valence-electron chi connectivity index (χ4n) is 1.20. The molecule has 2 nitrogen and oxygen atoms in total. The highest BCUT2D eigenvalue weighted by Gasteiger charge is 2.43. The van der Waals surface area contributed by atoms with Gasteiger partial charge >= 0.3 is 0 Å². The van der Waals surface area contributed by atoms with E-state index in [0.29, 0.717) is 0 Å². The molecule has 0 N–H and O–H groups in total. The lowest BCUT2D eigenvalue weighted by molar-refractivity contribution is -0.112. The third kappa shape index (κ3) is 1.39. The van der Waals surface area contributed by atoms with Crippen molar-refractivity contribution in [2.75, 3.05) is 0 Å². The van der Waals surface area contributed by atoms with Gasteiger partial charge in [-0.1, -0.05) is 11.6 Å². The van der Waals surface area contributed by atoms with E-state index in [0.717, 1.165) is 35.6 Å². The van der Waals surface area contributed by atoms with Gasteiger partial charge in [-0.05, 0) is 12.8 Å². The molecule has 0 radical (unpaired) electrons. The van der Waals surface area contributed by atoms with Crippen LogP contribution in [-0.2, 0) is 11.2 Å². The molecule has 0 aliphatic heterocycles. The molecular weight excluding hydrogens is 194 g/mol. The van der Waals surface area contributed by atoms with Crippen LogP contribution in [0, 0.1) is 5.41 Å². The Kier molecular flexibility index (Phi) is 1.93. The maximum absolute atomic E-state index is 10.7. The van der Waals surface area contributed by atoms with Gasteiger partial charge in [-0.25, -0.2) is 4.98 Å². The average Bonchev–Trinajstić information content (AvgIpc) is 2.74. The van der Waals surface area contributed by atoms with Gasteiger partial charge in [0.2, 0.25) is 0 Å². The molecule has 1 heterocycles. The van der Waals surface area contributed by atoms with Crippen molar-refractivity contribution in [2.24, 2.45) is 5.41 Å². The molecule has 12 heavy (non-hydrogen) atoms. The summed E-state index contributed by atoms with van der Waals surface area (Å²) >= 11 is 7.29. The second-order valence-corrected chi connectivity index (χ2v) is 4.69. The zero-order valence-electron chi connectivity index (χ0n) is 6.42. The number of nitrogens with zero attached hydrogens (tertiary/aromatic N) is 1. The Morgan fingerprint density at radius 3 is 2.92 bits per heavy atom. The summed E-state index contributed by atoms with van der Waals surface area (Å²) in [6.07, 6.45) is 3.75. The fraction of sp³-hybridized carbons (Fsp3) is 0.500. The maximum atomic E-state index is 10.7. The summed E-state index contributed by atoms with van der Waals surface area (Å²) in [5.41, 5.74) is 2.49. The molecule has 0 amide bonds. The highest BCUT2D eigenvalue weighted by Crippen LogP contribution is 2.47. The second kappa shape index (κ2) is 2.82. The fourth-order valence-corrected chi connectivity index (χ4v) is 1.97. The van der Waals surface area contributed by atoms with E-state index in [1.807, 2.05) is 0 Å². The maximum Gasteiger partial charge on any atom is 0.126 e. The van der Waals surface area contributed by atoms with Gasteiger partial charge in [0.25, 0.3) is 0 Å². The highest BCUT2D eigenvalue weighted by atomic mass is 35.5. The normalized spacial score (nSPS) is 19.1. The molecule has 0 bridgehead atoms. The second-order valence-electron chi connectivity index (χ2n) is 3.23. The number of hydrogen-bond donors (Lipinski definition) is 0. The summed E-state index contributed by atoms with van der Waals surface area (Å²) in [6.45, 7) is 0. The molecule has 0 atom stereocenters. The standard InChI is InChI=1S/C8H8ClNOS/c9-7-6(10-5-12-7)3-8(4-11)1-2-8/h4-5H,1-3H2. The predicted molar refractivity (Wildman–Crippen MR) is 48.6 cm³/mol. The number of aldehydes is 1. The monoisotopic (exact) mass is 201 g/mol. The minimum absolute atomic E-state index is 0.113. The van der Waals surface area contributed by atoms with E-state index in [9.17, 15) is 4.79 Å². The molecule has 1 fully saturated rings. The lowest BCUT2D eigenvalue weighted by Gasteiger charge is -2.02. The van der Waals surface area contributed by atoms with Crippen molar-refractivity contribution in [3.8, 4) is 0 Å². The molecule has 1 aliphatic rings. The van der Waals surface area contributed by atoms with Crippen LogP contribution in [0.25, 0.3) is 0 Å². The molecule has 0 unspecified atom stereocenters. The van der Waals surface area contributed by atoms with Crippen LogP contribution < -0.4 is 0 Å². The first-order valence-corrected chi connectivity index (χ1v) is 5.06. The molecular formula is C8H8ClNOS. The van der Waals surface area contributed by atoms with Crippen LogP contribution in [0.5, 0.6) is 0 Å². The topological polar surface area (TPSA) is 30.0 Å². The van der Waals surface area contributed by atoms with Crippen LogP contribution in [0.4, 0.5) is 0 Å². The zero-order chi connectivity index (χ0) is 8.60. The molecule has 1 aliphatic carbocycles. The van der Waals surface area contributed by atoms with Crippen molar-refractivity contribution in [2.45, 2.75) is 19.3 Å². The smallest absolute Gasteiger partial charge is 0.126 e. The number of aromatic nitrogens is 1. The van der Waals surface area contributed by atoms with Crippen LogP contribution >= 0.6 is 22.9 Å². The number of thiazole rings is 1. The van der Waals surface area contributed by atoms with Crippen molar-refractivity contribution in [1.82, 2.24) is 4.98 Å². The minimum Gasteiger partial charge on any atom is -0.303 e. The van der Waals surface area contributed by atoms with Gasteiger partial charge in [0.1, 0.15) is 10.6 Å². The number of halogens is 1. The van der Waals surface area contributed by atoms with Gasteiger partial charge in [-0.3, -0.25) is 0 Å². The molecule has 0 aromatic carbocycles. The van der Waals surface area contributed by atoms with Crippen molar-refractivity contribution in [3.05, 3.63) is 15.5 Å². The summed E-state index contributed by atoms with van der Waals surface area (Å²) in [5, 5.41) is 0. The van der Waals surface area contributed by atoms with Crippen LogP contribution in [0.15, 0.2) is 5.51 Å². The number of rotatable bonds is 3. The van der Waals surface area contributed by atoms with Gasteiger partial charge in [0.05, 0.1) is 11.2 Å². The summed E-state index contributed by atoms with van der Waals surface area (Å²) in [5.74, 6) is 0. The molecule has 64 valence electrons. The largest absolute Gasteiger partial charge is 0.303 e. The number of carbonyl (C=O) groups excluding carboxylic acids is 1. The summed E-state index contributed by atoms with van der Waals surface area (Å²) in [7, 11) is 0. The first kappa shape index (κ1) is 8.20. The van der Waals surface area contributed by atoms with E-state index in [4.69, 9.17) is 11.6 Å². The molecule has 4 heteroatoms. The van der Waals surface area contributed by atoms with Crippen LogP contribution in [0.3, 0.4) is 0 Å². The van der Waals surface area contributed by atoms with E-state index in [-0.39, 0.29) is 5.41 Å². The van der Waals surface area contributed by atoms with Crippen LogP contribution in [0.1, 0.15) is 18.5 Å². The Labute approximate surface area is 79.6 Å². The van der Waals surface area contributed by atoms with Gasteiger partial charge in [-0.15, -0.1) is 11.3 Å². The molecule has 1 aromatic rings. The Hall–Kier alpha value is -0.410. The highest BCUT2D eigenvalue weighted by molar-refractivity contribution is 7.14. The Bertz CT molecular complexity index is 306. The van der Waals surface area contributed by atoms with Crippen molar-refractivity contribution >= 4 is 29.2 Å².